The quantitative estimate of drug-likeness (QED) is 0.0628. The fraction of sp³-hybridized carbons (Fsp3) is 0.875. The summed E-state index contributed by atoms with van der Waals surface area (Å²) in [5, 5.41) is 9.46. The van der Waals surface area contributed by atoms with E-state index in [0.29, 0.717) is 12.8 Å². The predicted molar refractivity (Wildman–Crippen MR) is 155 cm³/mol. The number of rotatable bonds is 28. The van der Waals surface area contributed by atoms with Crippen molar-refractivity contribution in [1.82, 2.24) is 0 Å². The Labute approximate surface area is 229 Å². The maximum absolute atomic E-state index is 12.0. The number of hydrogen-bond donors (Lipinski definition) is 1. The van der Waals surface area contributed by atoms with E-state index < -0.39 is 6.10 Å². The van der Waals surface area contributed by atoms with Crippen LogP contribution in [0.3, 0.4) is 0 Å². The van der Waals surface area contributed by atoms with Crippen molar-refractivity contribution in [2.24, 2.45) is 0 Å². The highest BCUT2D eigenvalue weighted by Crippen LogP contribution is 2.13. The highest BCUT2D eigenvalue weighted by atomic mass is 16.6. The van der Waals surface area contributed by atoms with E-state index in [0.717, 1.165) is 51.4 Å². The average molecular weight is 525 g/mol. The van der Waals surface area contributed by atoms with Crippen LogP contribution in [0.2, 0.25) is 0 Å². The largest absolute Gasteiger partial charge is 0.462 e. The Hall–Kier alpha value is -1.36. The minimum atomic E-state index is -0.766. The molecule has 0 aromatic rings. The number of carbonyl (C=O) groups is 2. The molecule has 37 heavy (non-hydrogen) atoms. The van der Waals surface area contributed by atoms with Crippen molar-refractivity contribution in [2.75, 3.05) is 13.2 Å². The normalized spacial score (nSPS) is 12.2. The van der Waals surface area contributed by atoms with Gasteiger partial charge in [0.15, 0.2) is 6.10 Å². The Bertz CT molecular complexity index is 531. The summed E-state index contributed by atoms with van der Waals surface area (Å²) in [6.07, 6.45) is 29.8. The molecule has 0 aromatic heterocycles. The molecule has 0 spiro atoms. The van der Waals surface area contributed by atoms with Crippen molar-refractivity contribution in [3.05, 3.63) is 12.2 Å². The van der Waals surface area contributed by atoms with E-state index in [4.69, 9.17) is 9.47 Å². The van der Waals surface area contributed by atoms with Gasteiger partial charge in [-0.25, -0.2) is 0 Å². The van der Waals surface area contributed by atoms with Crippen LogP contribution < -0.4 is 0 Å². The van der Waals surface area contributed by atoms with E-state index in [-0.39, 0.29) is 25.2 Å². The van der Waals surface area contributed by atoms with Crippen molar-refractivity contribution < 1.29 is 24.2 Å². The standard InChI is InChI=1S/C32H60O5/c1-3-5-7-9-11-13-15-16-17-19-20-22-24-26-31(34)36-29-30(28-33)37-32(35)27-25-23-21-18-14-12-10-8-6-4-2/h8,10,30,33H,3-7,9,11-29H2,1-2H3/b10-8-. The number of aliphatic hydroxyl groups excluding tert-OH is 1. The lowest BCUT2D eigenvalue weighted by molar-refractivity contribution is -0.161. The van der Waals surface area contributed by atoms with Crippen LogP contribution in [0.25, 0.3) is 0 Å². The van der Waals surface area contributed by atoms with Crippen molar-refractivity contribution in [2.45, 2.75) is 168 Å². The highest BCUT2D eigenvalue weighted by Gasteiger charge is 2.16. The lowest BCUT2D eigenvalue weighted by Crippen LogP contribution is -2.28. The zero-order chi connectivity index (χ0) is 27.2. The molecule has 0 aliphatic rings. The van der Waals surface area contributed by atoms with Gasteiger partial charge >= 0.3 is 11.9 Å². The van der Waals surface area contributed by atoms with Gasteiger partial charge in [-0.05, 0) is 32.1 Å². The number of allylic oxidation sites excluding steroid dienone is 2. The lowest BCUT2D eigenvalue weighted by atomic mass is 10.0. The Balaban J connectivity index is 3.57. The van der Waals surface area contributed by atoms with Gasteiger partial charge < -0.3 is 14.6 Å². The molecule has 5 heteroatoms. The lowest BCUT2D eigenvalue weighted by Gasteiger charge is -2.15. The van der Waals surface area contributed by atoms with Crippen LogP contribution >= 0.6 is 0 Å². The minimum absolute atomic E-state index is 0.0644. The summed E-state index contributed by atoms with van der Waals surface area (Å²) in [7, 11) is 0. The van der Waals surface area contributed by atoms with Gasteiger partial charge in [0.05, 0.1) is 6.61 Å². The molecular weight excluding hydrogens is 464 g/mol. The second kappa shape index (κ2) is 29.2. The van der Waals surface area contributed by atoms with Crippen molar-refractivity contribution in [3.63, 3.8) is 0 Å². The van der Waals surface area contributed by atoms with Gasteiger partial charge in [-0.1, -0.05) is 129 Å². The average Bonchev–Trinajstić information content (AvgIpc) is 2.90. The van der Waals surface area contributed by atoms with E-state index >= 15 is 0 Å². The zero-order valence-electron chi connectivity index (χ0n) is 24.5. The van der Waals surface area contributed by atoms with Gasteiger partial charge in [0.25, 0.3) is 0 Å². The van der Waals surface area contributed by atoms with E-state index in [2.05, 4.69) is 26.0 Å². The van der Waals surface area contributed by atoms with Gasteiger partial charge in [0.2, 0.25) is 0 Å². The topological polar surface area (TPSA) is 72.8 Å². The summed E-state index contributed by atoms with van der Waals surface area (Å²) in [5.74, 6) is -0.601. The molecule has 0 aliphatic heterocycles. The minimum Gasteiger partial charge on any atom is -0.462 e. The first-order valence-corrected chi connectivity index (χ1v) is 15.7. The summed E-state index contributed by atoms with van der Waals surface area (Å²) in [6.45, 7) is 4.05. The third-order valence-electron chi connectivity index (χ3n) is 6.79. The predicted octanol–water partition coefficient (Wildman–Crippen LogP) is 9.00. The molecule has 1 N–H and O–H groups in total. The van der Waals surface area contributed by atoms with Gasteiger partial charge in [-0.3, -0.25) is 9.59 Å². The zero-order valence-corrected chi connectivity index (χ0v) is 24.5. The van der Waals surface area contributed by atoms with Crippen LogP contribution in [-0.4, -0.2) is 36.4 Å². The molecule has 0 saturated heterocycles. The number of ether oxygens (including phenoxy) is 2. The highest BCUT2D eigenvalue weighted by molar-refractivity contribution is 5.70. The van der Waals surface area contributed by atoms with Gasteiger partial charge in [0, 0.05) is 12.8 Å². The molecule has 0 aromatic carbocycles. The summed E-state index contributed by atoms with van der Waals surface area (Å²) < 4.78 is 10.5. The number of esters is 2. The van der Waals surface area contributed by atoms with Crippen molar-refractivity contribution in [1.29, 1.82) is 0 Å². The molecule has 218 valence electrons. The van der Waals surface area contributed by atoms with Crippen molar-refractivity contribution >= 4 is 11.9 Å². The number of hydrogen-bond acceptors (Lipinski definition) is 5. The third kappa shape index (κ3) is 27.5. The second-order valence-electron chi connectivity index (χ2n) is 10.5. The van der Waals surface area contributed by atoms with Crippen molar-refractivity contribution in [3.8, 4) is 0 Å². The molecule has 0 radical (unpaired) electrons. The molecule has 0 rings (SSSR count). The Morgan fingerprint density at radius 3 is 1.57 bits per heavy atom. The maximum atomic E-state index is 12.0. The van der Waals surface area contributed by atoms with Crippen LogP contribution in [-0.2, 0) is 19.1 Å². The van der Waals surface area contributed by atoms with Crippen LogP contribution in [0, 0.1) is 0 Å². The maximum Gasteiger partial charge on any atom is 0.306 e. The van der Waals surface area contributed by atoms with E-state index in [1.54, 1.807) is 0 Å². The van der Waals surface area contributed by atoms with Crippen LogP contribution in [0.4, 0.5) is 0 Å². The number of unbranched alkanes of at least 4 members (excludes halogenated alkanes) is 18. The summed E-state index contributed by atoms with van der Waals surface area (Å²) >= 11 is 0. The van der Waals surface area contributed by atoms with Crippen LogP contribution in [0.1, 0.15) is 162 Å². The molecule has 0 aliphatic carbocycles. The third-order valence-corrected chi connectivity index (χ3v) is 6.79. The Morgan fingerprint density at radius 2 is 1.05 bits per heavy atom. The fourth-order valence-electron chi connectivity index (χ4n) is 4.38. The Kier molecular flexibility index (Phi) is 28.1. The molecule has 0 saturated carbocycles. The molecule has 5 nitrogen and oxygen atoms in total. The number of aliphatic hydroxyl groups is 1. The second-order valence-corrected chi connectivity index (χ2v) is 10.5. The summed E-state index contributed by atoms with van der Waals surface area (Å²) in [4.78, 5) is 24.0. The SMILES string of the molecule is CCC/C=C\CCCCCCCC(=O)OC(CO)COC(=O)CCCCCCCCCCCCCCC. The Morgan fingerprint density at radius 1 is 0.595 bits per heavy atom. The molecule has 0 amide bonds. The van der Waals surface area contributed by atoms with Crippen LogP contribution in [0.15, 0.2) is 12.2 Å². The molecule has 1 atom stereocenters. The molecule has 0 bridgehead atoms. The molecule has 1 unspecified atom stereocenters. The van der Waals surface area contributed by atoms with E-state index in [9.17, 15) is 14.7 Å². The first-order chi connectivity index (χ1) is 18.1. The van der Waals surface area contributed by atoms with E-state index in [1.165, 1.54) is 83.5 Å². The fourth-order valence-corrected chi connectivity index (χ4v) is 4.38. The smallest absolute Gasteiger partial charge is 0.306 e. The van der Waals surface area contributed by atoms with Gasteiger partial charge in [-0.15, -0.1) is 0 Å². The molecule has 0 heterocycles. The van der Waals surface area contributed by atoms with Crippen LogP contribution in [0.5, 0.6) is 0 Å². The van der Waals surface area contributed by atoms with Gasteiger partial charge in [0.1, 0.15) is 6.61 Å². The molecule has 0 fully saturated rings. The number of carbonyl (C=O) groups excluding carboxylic acids is 2. The van der Waals surface area contributed by atoms with E-state index in [1.807, 2.05) is 0 Å². The first kappa shape index (κ1) is 35.6. The summed E-state index contributed by atoms with van der Waals surface area (Å²) in [5.41, 5.74) is 0. The van der Waals surface area contributed by atoms with Gasteiger partial charge in [-0.2, -0.15) is 0 Å². The molecular formula is C32H60O5. The summed E-state index contributed by atoms with van der Waals surface area (Å²) in [6, 6.07) is 0. The monoisotopic (exact) mass is 524 g/mol. The first-order valence-electron chi connectivity index (χ1n) is 15.7.